The first-order chi connectivity index (χ1) is 7.75. The SMILES string of the molecule is Cl.NC(Cc1cccc(Cl)c1)c1ccccc1. The van der Waals surface area contributed by atoms with E-state index in [1.807, 2.05) is 36.4 Å². The standard InChI is InChI=1S/C14H14ClN.ClH/c15-13-8-4-5-11(9-13)10-14(16)12-6-2-1-3-7-12;/h1-9,14H,10,16H2;1H. The largest absolute Gasteiger partial charge is 0.324 e. The molecule has 0 amide bonds. The second-order valence-corrected chi connectivity index (χ2v) is 4.29. The van der Waals surface area contributed by atoms with E-state index in [0.717, 1.165) is 17.0 Å². The van der Waals surface area contributed by atoms with Gasteiger partial charge >= 0.3 is 0 Å². The lowest BCUT2D eigenvalue weighted by atomic mass is 10.00. The summed E-state index contributed by atoms with van der Waals surface area (Å²) < 4.78 is 0. The van der Waals surface area contributed by atoms with Crippen LogP contribution in [0.5, 0.6) is 0 Å². The summed E-state index contributed by atoms with van der Waals surface area (Å²) >= 11 is 5.93. The summed E-state index contributed by atoms with van der Waals surface area (Å²) in [7, 11) is 0. The maximum atomic E-state index is 6.13. The molecule has 3 heteroatoms. The molecule has 0 aliphatic rings. The molecule has 90 valence electrons. The van der Waals surface area contributed by atoms with Gasteiger partial charge in [-0.2, -0.15) is 0 Å². The molecule has 2 N–H and O–H groups in total. The first-order valence-corrected chi connectivity index (χ1v) is 5.68. The molecular formula is C14H15Cl2N. The summed E-state index contributed by atoms with van der Waals surface area (Å²) in [5, 5.41) is 0.762. The molecule has 17 heavy (non-hydrogen) atoms. The van der Waals surface area contributed by atoms with Crippen LogP contribution in [0.25, 0.3) is 0 Å². The van der Waals surface area contributed by atoms with Crippen molar-refractivity contribution in [2.24, 2.45) is 5.73 Å². The van der Waals surface area contributed by atoms with Gasteiger partial charge in [0.15, 0.2) is 0 Å². The Bertz CT molecular complexity index is 457. The quantitative estimate of drug-likeness (QED) is 0.894. The molecule has 0 saturated carbocycles. The van der Waals surface area contributed by atoms with Crippen molar-refractivity contribution < 1.29 is 0 Å². The molecule has 0 bridgehead atoms. The van der Waals surface area contributed by atoms with E-state index < -0.39 is 0 Å². The van der Waals surface area contributed by atoms with Gasteiger partial charge in [-0.3, -0.25) is 0 Å². The zero-order valence-electron chi connectivity index (χ0n) is 9.34. The normalized spacial score (nSPS) is 11.6. The molecule has 0 aliphatic carbocycles. The third kappa shape index (κ3) is 4.04. The molecule has 0 heterocycles. The van der Waals surface area contributed by atoms with E-state index in [2.05, 4.69) is 18.2 Å². The summed E-state index contributed by atoms with van der Waals surface area (Å²) in [5.41, 5.74) is 8.46. The molecule has 2 aromatic carbocycles. The van der Waals surface area contributed by atoms with Gasteiger partial charge < -0.3 is 5.73 Å². The van der Waals surface area contributed by atoms with Crippen LogP contribution in [0.3, 0.4) is 0 Å². The van der Waals surface area contributed by atoms with Crippen LogP contribution >= 0.6 is 24.0 Å². The minimum absolute atomic E-state index is 0. The van der Waals surface area contributed by atoms with Crippen molar-refractivity contribution >= 4 is 24.0 Å². The van der Waals surface area contributed by atoms with Crippen molar-refractivity contribution in [2.75, 3.05) is 0 Å². The molecule has 0 spiro atoms. The van der Waals surface area contributed by atoms with Crippen LogP contribution in [0.1, 0.15) is 17.2 Å². The van der Waals surface area contributed by atoms with Crippen molar-refractivity contribution in [3.8, 4) is 0 Å². The Morgan fingerprint density at radius 3 is 2.35 bits per heavy atom. The minimum Gasteiger partial charge on any atom is -0.324 e. The summed E-state index contributed by atoms with van der Waals surface area (Å²) in [6, 6.07) is 18.0. The van der Waals surface area contributed by atoms with E-state index in [1.54, 1.807) is 0 Å². The number of nitrogens with two attached hydrogens (primary N) is 1. The van der Waals surface area contributed by atoms with E-state index in [1.165, 1.54) is 5.56 Å². The third-order valence-electron chi connectivity index (χ3n) is 2.57. The smallest absolute Gasteiger partial charge is 0.0408 e. The van der Waals surface area contributed by atoms with Gasteiger partial charge in [0.2, 0.25) is 0 Å². The fourth-order valence-corrected chi connectivity index (χ4v) is 1.95. The fraction of sp³-hybridized carbons (Fsp3) is 0.143. The lowest BCUT2D eigenvalue weighted by Gasteiger charge is -2.12. The predicted molar refractivity (Wildman–Crippen MR) is 75.8 cm³/mol. The molecular weight excluding hydrogens is 253 g/mol. The van der Waals surface area contributed by atoms with Gasteiger partial charge in [0.05, 0.1) is 0 Å². The van der Waals surface area contributed by atoms with Crippen molar-refractivity contribution in [3.05, 3.63) is 70.7 Å². The highest BCUT2D eigenvalue weighted by Gasteiger charge is 2.06. The molecule has 0 aromatic heterocycles. The number of hydrogen-bond acceptors (Lipinski definition) is 1. The average molecular weight is 268 g/mol. The van der Waals surface area contributed by atoms with Gasteiger partial charge in [-0.1, -0.05) is 54.1 Å². The predicted octanol–water partition coefficient (Wildman–Crippen LogP) is 4.00. The van der Waals surface area contributed by atoms with Crippen LogP contribution in [-0.4, -0.2) is 0 Å². The Kier molecular flexibility index (Phi) is 5.49. The Hall–Kier alpha value is -1.02. The molecule has 2 aromatic rings. The van der Waals surface area contributed by atoms with Gasteiger partial charge in [-0.25, -0.2) is 0 Å². The molecule has 2 rings (SSSR count). The van der Waals surface area contributed by atoms with Crippen LogP contribution < -0.4 is 5.73 Å². The number of hydrogen-bond donors (Lipinski definition) is 1. The van der Waals surface area contributed by atoms with Crippen LogP contribution in [-0.2, 0) is 6.42 Å². The monoisotopic (exact) mass is 267 g/mol. The van der Waals surface area contributed by atoms with Crippen LogP contribution in [0, 0.1) is 0 Å². The zero-order valence-corrected chi connectivity index (χ0v) is 10.9. The zero-order chi connectivity index (χ0) is 11.4. The molecule has 0 fully saturated rings. The van der Waals surface area contributed by atoms with Crippen molar-refractivity contribution in [1.29, 1.82) is 0 Å². The molecule has 1 atom stereocenters. The van der Waals surface area contributed by atoms with Crippen molar-refractivity contribution in [2.45, 2.75) is 12.5 Å². The average Bonchev–Trinajstić information content (AvgIpc) is 2.30. The highest BCUT2D eigenvalue weighted by Crippen LogP contribution is 2.18. The van der Waals surface area contributed by atoms with Crippen molar-refractivity contribution in [3.63, 3.8) is 0 Å². The van der Waals surface area contributed by atoms with E-state index in [0.29, 0.717) is 0 Å². The summed E-state index contributed by atoms with van der Waals surface area (Å²) in [5.74, 6) is 0. The van der Waals surface area contributed by atoms with E-state index in [-0.39, 0.29) is 18.4 Å². The highest BCUT2D eigenvalue weighted by atomic mass is 35.5. The van der Waals surface area contributed by atoms with Crippen LogP contribution in [0.4, 0.5) is 0 Å². The van der Waals surface area contributed by atoms with E-state index in [9.17, 15) is 0 Å². The van der Waals surface area contributed by atoms with E-state index in [4.69, 9.17) is 17.3 Å². The number of rotatable bonds is 3. The maximum absolute atomic E-state index is 6.13. The second kappa shape index (κ2) is 6.65. The van der Waals surface area contributed by atoms with Gasteiger partial charge in [-0.05, 0) is 29.7 Å². The number of benzene rings is 2. The maximum Gasteiger partial charge on any atom is 0.0408 e. The van der Waals surface area contributed by atoms with E-state index >= 15 is 0 Å². The third-order valence-corrected chi connectivity index (χ3v) is 2.81. The van der Waals surface area contributed by atoms with Gasteiger partial charge in [0.1, 0.15) is 0 Å². The van der Waals surface area contributed by atoms with Crippen LogP contribution in [0.2, 0.25) is 5.02 Å². The van der Waals surface area contributed by atoms with Gasteiger partial charge in [0.25, 0.3) is 0 Å². The Morgan fingerprint density at radius 2 is 1.71 bits per heavy atom. The Labute approximate surface area is 113 Å². The summed E-state index contributed by atoms with van der Waals surface area (Å²) in [6.07, 6.45) is 0.810. The molecule has 0 aliphatic heterocycles. The van der Waals surface area contributed by atoms with Gasteiger partial charge in [-0.15, -0.1) is 12.4 Å². The van der Waals surface area contributed by atoms with Crippen LogP contribution in [0.15, 0.2) is 54.6 Å². The summed E-state index contributed by atoms with van der Waals surface area (Å²) in [6.45, 7) is 0. The fourth-order valence-electron chi connectivity index (χ4n) is 1.74. The first kappa shape index (κ1) is 14.0. The Morgan fingerprint density at radius 1 is 1.00 bits per heavy atom. The lowest BCUT2D eigenvalue weighted by molar-refractivity contribution is 0.722. The summed E-state index contributed by atoms with van der Waals surface area (Å²) in [4.78, 5) is 0. The molecule has 0 radical (unpaired) electrons. The first-order valence-electron chi connectivity index (χ1n) is 5.30. The molecule has 1 unspecified atom stereocenters. The molecule has 1 nitrogen and oxygen atoms in total. The molecule has 0 saturated heterocycles. The van der Waals surface area contributed by atoms with Crippen molar-refractivity contribution in [1.82, 2.24) is 0 Å². The highest BCUT2D eigenvalue weighted by molar-refractivity contribution is 6.30. The number of halogens is 2. The Balaban J connectivity index is 0.00000144. The minimum atomic E-state index is 0. The topological polar surface area (TPSA) is 26.0 Å². The lowest BCUT2D eigenvalue weighted by Crippen LogP contribution is -2.13. The second-order valence-electron chi connectivity index (χ2n) is 3.85. The van der Waals surface area contributed by atoms with Gasteiger partial charge in [0, 0.05) is 11.1 Å².